The molecule has 1 aromatic rings. The molecule has 4 nitrogen and oxygen atoms in total. The molecule has 4 heteroatoms. The minimum absolute atomic E-state index is 0.196. The third-order valence-corrected chi connectivity index (χ3v) is 3.49. The van der Waals surface area contributed by atoms with Crippen LogP contribution in [0.5, 0.6) is 0 Å². The van der Waals surface area contributed by atoms with Gasteiger partial charge in [0.15, 0.2) is 0 Å². The predicted molar refractivity (Wildman–Crippen MR) is 71.4 cm³/mol. The summed E-state index contributed by atoms with van der Waals surface area (Å²) >= 11 is 0. The number of aromatic nitrogens is 2. The SMILES string of the molecule is Cc1nn(C)c(N2CCCCC2)c1CC(C)N. The Balaban J connectivity index is 2.29. The summed E-state index contributed by atoms with van der Waals surface area (Å²) in [5.74, 6) is 1.29. The highest BCUT2D eigenvalue weighted by Gasteiger charge is 2.21. The average molecular weight is 236 g/mol. The van der Waals surface area contributed by atoms with Crippen LogP contribution in [0.15, 0.2) is 0 Å². The predicted octanol–water partition coefficient (Wildman–Crippen LogP) is 1.61. The molecule has 17 heavy (non-hydrogen) atoms. The highest BCUT2D eigenvalue weighted by Crippen LogP contribution is 2.27. The van der Waals surface area contributed by atoms with E-state index in [1.807, 2.05) is 11.7 Å². The number of nitrogens with zero attached hydrogens (tertiary/aromatic N) is 3. The zero-order chi connectivity index (χ0) is 12.4. The maximum absolute atomic E-state index is 5.95. The molecule has 96 valence electrons. The number of nitrogens with two attached hydrogens (primary N) is 1. The number of aryl methyl sites for hydroxylation is 2. The van der Waals surface area contributed by atoms with E-state index < -0.39 is 0 Å². The van der Waals surface area contributed by atoms with Crippen molar-refractivity contribution in [1.29, 1.82) is 0 Å². The van der Waals surface area contributed by atoms with E-state index in [4.69, 9.17) is 5.73 Å². The Hall–Kier alpha value is -1.03. The lowest BCUT2D eigenvalue weighted by molar-refractivity contribution is 0.558. The number of piperidine rings is 1. The summed E-state index contributed by atoms with van der Waals surface area (Å²) < 4.78 is 2.03. The van der Waals surface area contributed by atoms with Crippen molar-refractivity contribution in [2.45, 2.75) is 45.6 Å². The molecule has 1 aliphatic heterocycles. The zero-order valence-corrected chi connectivity index (χ0v) is 11.2. The fourth-order valence-electron chi connectivity index (χ4n) is 2.75. The summed E-state index contributed by atoms with van der Waals surface area (Å²) in [6, 6.07) is 0.196. The Kier molecular flexibility index (Phi) is 3.72. The summed E-state index contributed by atoms with van der Waals surface area (Å²) in [6.45, 7) is 6.47. The molecular formula is C13H24N4. The second-order valence-corrected chi connectivity index (χ2v) is 5.24. The van der Waals surface area contributed by atoms with Gasteiger partial charge in [-0.1, -0.05) is 0 Å². The van der Waals surface area contributed by atoms with Gasteiger partial charge in [0.25, 0.3) is 0 Å². The van der Waals surface area contributed by atoms with Crippen molar-refractivity contribution in [3.63, 3.8) is 0 Å². The maximum Gasteiger partial charge on any atom is 0.130 e. The average Bonchev–Trinajstić information content (AvgIpc) is 2.54. The van der Waals surface area contributed by atoms with Crippen LogP contribution in [0.3, 0.4) is 0 Å². The molecule has 0 bridgehead atoms. The van der Waals surface area contributed by atoms with Crippen molar-refractivity contribution in [2.24, 2.45) is 12.8 Å². The van der Waals surface area contributed by atoms with Crippen LogP contribution in [0, 0.1) is 6.92 Å². The second-order valence-electron chi connectivity index (χ2n) is 5.24. The third kappa shape index (κ3) is 2.63. The lowest BCUT2D eigenvalue weighted by Crippen LogP contribution is -2.32. The highest BCUT2D eigenvalue weighted by atomic mass is 15.4. The number of rotatable bonds is 3. The molecule has 2 rings (SSSR count). The van der Waals surface area contributed by atoms with E-state index in [2.05, 4.69) is 23.8 Å². The van der Waals surface area contributed by atoms with E-state index in [0.29, 0.717) is 0 Å². The molecule has 1 aromatic heterocycles. The second kappa shape index (κ2) is 5.08. The fourth-order valence-corrected chi connectivity index (χ4v) is 2.75. The van der Waals surface area contributed by atoms with Crippen molar-refractivity contribution in [2.75, 3.05) is 18.0 Å². The van der Waals surface area contributed by atoms with Crippen LogP contribution in [0.4, 0.5) is 5.82 Å². The molecule has 0 saturated carbocycles. The fraction of sp³-hybridized carbons (Fsp3) is 0.769. The van der Waals surface area contributed by atoms with Gasteiger partial charge in [0.1, 0.15) is 5.82 Å². The summed E-state index contributed by atoms with van der Waals surface area (Å²) in [5.41, 5.74) is 8.41. The minimum Gasteiger partial charge on any atom is -0.357 e. The van der Waals surface area contributed by atoms with Crippen LogP contribution in [-0.2, 0) is 13.5 Å². The first-order chi connectivity index (χ1) is 8.09. The molecule has 1 fully saturated rings. The van der Waals surface area contributed by atoms with E-state index in [9.17, 15) is 0 Å². The molecule has 2 N–H and O–H groups in total. The molecule has 0 radical (unpaired) electrons. The summed E-state index contributed by atoms with van der Waals surface area (Å²) in [5, 5.41) is 4.56. The Morgan fingerprint density at radius 1 is 1.29 bits per heavy atom. The number of hydrogen-bond donors (Lipinski definition) is 1. The van der Waals surface area contributed by atoms with E-state index >= 15 is 0 Å². The molecule has 2 heterocycles. The van der Waals surface area contributed by atoms with E-state index in [1.54, 1.807) is 0 Å². The van der Waals surface area contributed by atoms with E-state index in [1.165, 1.54) is 30.6 Å². The molecule has 1 atom stereocenters. The molecule has 0 amide bonds. The first kappa shape index (κ1) is 12.4. The number of anilines is 1. The lowest BCUT2D eigenvalue weighted by atomic mass is 10.1. The van der Waals surface area contributed by atoms with Crippen molar-refractivity contribution in [3.8, 4) is 0 Å². The first-order valence-electron chi connectivity index (χ1n) is 6.62. The summed E-state index contributed by atoms with van der Waals surface area (Å²) in [6.07, 6.45) is 4.87. The Morgan fingerprint density at radius 3 is 2.53 bits per heavy atom. The van der Waals surface area contributed by atoms with Gasteiger partial charge in [0, 0.05) is 31.7 Å². The van der Waals surface area contributed by atoms with Crippen LogP contribution in [-0.4, -0.2) is 28.9 Å². The van der Waals surface area contributed by atoms with Crippen LogP contribution >= 0.6 is 0 Å². The molecule has 0 aromatic carbocycles. The van der Waals surface area contributed by atoms with Gasteiger partial charge in [0.2, 0.25) is 0 Å². The van der Waals surface area contributed by atoms with Crippen molar-refractivity contribution >= 4 is 5.82 Å². The first-order valence-corrected chi connectivity index (χ1v) is 6.62. The van der Waals surface area contributed by atoms with Gasteiger partial charge in [-0.05, 0) is 39.5 Å². The van der Waals surface area contributed by atoms with Crippen LogP contribution < -0.4 is 10.6 Å². The highest BCUT2D eigenvalue weighted by molar-refractivity contribution is 5.50. The Bertz CT molecular complexity index is 375. The summed E-state index contributed by atoms with van der Waals surface area (Å²) in [7, 11) is 2.04. The van der Waals surface area contributed by atoms with Crippen molar-refractivity contribution in [3.05, 3.63) is 11.3 Å². The molecule has 1 unspecified atom stereocenters. The third-order valence-electron chi connectivity index (χ3n) is 3.49. The standard InChI is InChI=1S/C13H24N4/c1-10(14)9-12-11(2)15-16(3)13(12)17-7-5-4-6-8-17/h10H,4-9,14H2,1-3H3. The Morgan fingerprint density at radius 2 is 1.94 bits per heavy atom. The molecule has 0 aliphatic carbocycles. The van der Waals surface area contributed by atoms with Crippen LogP contribution in [0.2, 0.25) is 0 Å². The van der Waals surface area contributed by atoms with Crippen LogP contribution in [0.1, 0.15) is 37.4 Å². The van der Waals surface area contributed by atoms with Gasteiger partial charge in [0.05, 0.1) is 5.69 Å². The number of hydrogen-bond acceptors (Lipinski definition) is 3. The van der Waals surface area contributed by atoms with E-state index in [-0.39, 0.29) is 6.04 Å². The maximum atomic E-state index is 5.95. The minimum atomic E-state index is 0.196. The summed E-state index contributed by atoms with van der Waals surface area (Å²) in [4.78, 5) is 2.47. The zero-order valence-electron chi connectivity index (χ0n) is 11.2. The monoisotopic (exact) mass is 236 g/mol. The van der Waals surface area contributed by atoms with Gasteiger partial charge in [-0.3, -0.25) is 4.68 Å². The molecule has 0 spiro atoms. The Labute approximate surface area is 104 Å². The van der Waals surface area contributed by atoms with Gasteiger partial charge in [-0.15, -0.1) is 0 Å². The topological polar surface area (TPSA) is 47.1 Å². The molecule has 1 saturated heterocycles. The molecule has 1 aliphatic rings. The van der Waals surface area contributed by atoms with Gasteiger partial charge < -0.3 is 10.6 Å². The lowest BCUT2D eigenvalue weighted by Gasteiger charge is -2.29. The van der Waals surface area contributed by atoms with Crippen molar-refractivity contribution < 1.29 is 0 Å². The van der Waals surface area contributed by atoms with Gasteiger partial charge in [-0.2, -0.15) is 5.10 Å². The van der Waals surface area contributed by atoms with Crippen LogP contribution in [0.25, 0.3) is 0 Å². The van der Waals surface area contributed by atoms with Gasteiger partial charge >= 0.3 is 0 Å². The smallest absolute Gasteiger partial charge is 0.130 e. The van der Waals surface area contributed by atoms with E-state index in [0.717, 1.165) is 25.2 Å². The molecular weight excluding hydrogens is 212 g/mol. The largest absolute Gasteiger partial charge is 0.357 e. The quantitative estimate of drug-likeness (QED) is 0.867. The van der Waals surface area contributed by atoms with Crippen molar-refractivity contribution in [1.82, 2.24) is 9.78 Å². The van der Waals surface area contributed by atoms with Gasteiger partial charge in [-0.25, -0.2) is 0 Å². The normalized spacial score (nSPS) is 18.5.